The summed E-state index contributed by atoms with van der Waals surface area (Å²) in [6.45, 7) is 2.97. The largest absolute Gasteiger partial charge is 0.396 e. The van der Waals surface area contributed by atoms with Crippen LogP contribution in [-0.4, -0.2) is 34.3 Å². The number of halogens is 1. The molecule has 18 heavy (non-hydrogen) atoms. The number of aliphatic hydroxyl groups is 1. The number of anilines is 2. The van der Waals surface area contributed by atoms with Gasteiger partial charge in [0.05, 0.1) is 6.20 Å². The van der Waals surface area contributed by atoms with Crippen molar-refractivity contribution in [1.82, 2.24) is 9.97 Å². The molecule has 3 N–H and O–H groups in total. The third kappa shape index (κ3) is 3.03. The standard InChI is InChI=1S/C12H19ClN4O/c1-2-14-12-15-6-9(13)11(17-12)16-10-5-3-4-8(10)7-18/h6,8,10,18H,2-5,7H2,1H3,(H2,14,15,16,17). The van der Waals surface area contributed by atoms with Crippen molar-refractivity contribution in [2.24, 2.45) is 5.92 Å². The Morgan fingerprint density at radius 1 is 1.50 bits per heavy atom. The summed E-state index contributed by atoms with van der Waals surface area (Å²) in [7, 11) is 0. The van der Waals surface area contributed by atoms with Gasteiger partial charge in [0.15, 0.2) is 5.82 Å². The van der Waals surface area contributed by atoms with Gasteiger partial charge in [-0.3, -0.25) is 0 Å². The molecule has 1 aromatic heterocycles. The Labute approximate surface area is 112 Å². The molecule has 0 saturated heterocycles. The molecular weight excluding hydrogens is 252 g/mol. The van der Waals surface area contributed by atoms with E-state index in [4.69, 9.17) is 11.6 Å². The Balaban J connectivity index is 2.09. The van der Waals surface area contributed by atoms with Crippen molar-refractivity contribution in [3.63, 3.8) is 0 Å². The number of hydrogen-bond donors (Lipinski definition) is 3. The molecule has 1 heterocycles. The van der Waals surface area contributed by atoms with E-state index in [9.17, 15) is 5.11 Å². The fourth-order valence-electron chi connectivity index (χ4n) is 2.33. The molecule has 1 saturated carbocycles. The normalized spacial score (nSPS) is 23.1. The number of aromatic nitrogens is 2. The molecule has 0 aliphatic heterocycles. The zero-order valence-corrected chi connectivity index (χ0v) is 11.2. The van der Waals surface area contributed by atoms with Crippen LogP contribution < -0.4 is 10.6 Å². The van der Waals surface area contributed by atoms with Gasteiger partial charge in [-0.2, -0.15) is 4.98 Å². The van der Waals surface area contributed by atoms with E-state index in [2.05, 4.69) is 20.6 Å². The van der Waals surface area contributed by atoms with Crippen LogP contribution >= 0.6 is 11.6 Å². The minimum atomic E-state index is 0.209. The van der Waals surface area contributed by atoms with E-state index >= 15 is 0 Å². The molecule has 0 aromatic carbocycles. The lowest BCUT2D eigenvalue weighted by Crippen LogP contribution is -2.27. The monoisotopic (exact) mass is 270 g/mol. The highest BCUT2D eigenvalue weighted by Gasteiger charge is 2.27. The van der Waals surface area contributed by atoms with Crippen LogP contribution in [0.1, 0.15) is 26.2 Å². The van der Waals surface area contributed by atoms with Crippen LogP contribution in [0.5, 0.6) is 0 Å². The predicted octanol–water partition coefficient (Wildman–Crippen LogP) is 2.13. The van der Waals surface area contributed by atoms with Crippen molar-refractivity contribution in [2.45, 2.75) is 32.2 Å². The summed E-state index contributed by atoms with van der Waals surface area (Å²) < 4.78 is 0. The number of hydrogen-bond acceptors (Lipinski definition) is 5. The maximum absolute atomic E-state index is 9.30. The van der Waals surface area contributed by atoms with Crippen molar-refractivity contribution < 1.29 is 5.11 Å². The first-order valence-corrected chi connectivity index (χ1v) is 6.76. The van der Waals surface area contributed by atoms with Gasteiger partial charge >= 0.3 is 0 Å². The second-order valence-electron chi connectivity index (χ2n) is 4.54. The molecule has 1 fully saturated rings. The van der Waals surface area contributed by atoms with Crippen LogP contribution in [0.3, 0.4) is 0 Å². The Kier molecular flexibility index (Phi) is 4.60. The van der Waals surface area contributed by atoms with Crippen molar-refractivity contribution >= 4 is 23.4 Å². The summed E-state index contributed by atoms with van der Waals surface area (Å²) in [5.41, 5.74) is 0. The molecule has 2 rings (SSSR count). The highest BCUT2D eigenvalue weighted by Crippen LogP contribution is 2.30. The summed E-state index contributed by atoms with van der Waals surface area (Å²) in [5.74, 6) is 1.51. The van der Waals surface area contributed by atoms with Crippen LogP contribution in [-0.2, 0) is 0 Å². The summed E-state index contributed by atoms with van der Waals surface area (Å²) in [4.78, 5) is 8.45. The van der Waals surface area contributed by atoms with E-state index in [0.717, 1.165) is 25.8 Å². The molecule has 2 atom stereocenters. The van der Waals surface area contributed by atoms with Gasteiger partial charge in [-0.25, -0.2) is 4.98 Å². The zero-order chi connectivity index (χ0) is 13.0. The first-order chi connectivity index (χ1) is 8.74. The van der Waals surface area contributed by atoms with Gasteiger partial charge in [0.1, 0.15) is 5.02 Å². The van der Waals surface area contributed by atoms with Crippen LogP contribution in [0.25, 0.3) is 0 Å². The number of nitrogens with one attached hydrogen (secondary N) is 2. The lowest BCUT2D eigenvalue weighted by atomic mass is 10.1. The van der Waals surface area contributed by atoms with Gasteiger partial charge in [-0.1, -0.05) is 18.0 Å². The molecule has 1 aliphatic rings. The first kappa shape index (κ1) is 13.4. The van der Waals surface area contributed by atoms with Gasteiger partial charge in [-0.05, 0) is 19.8 Å². The van der Waals surface area contributed by atoms with E-state index in [0.29, 0.717) is 22.7 Å². The van der Waals surface area contributed by atoms with Gasteiger partial charge in [0.2, 0.25) is 5.95 Å². The van der Waals surface area contributed by atoms with Crippen molar-refractivity contribution in [3.05, 3.63) is 11.2 Å². The minimum absolute atomic E-state index is 0.209. The van der Waals surface area contributed by atoms with E-state index in [-0.39, 0.29) is 12.6 Å². The van der Waals surface area contributed by atoms with Crippen molar-refractivity contribution in [2.75, 3.05) is 23.8 Å². The molecule has 100 valence electrons. The minimum Gasteiger partial charge on any atom is -0.396 e. The molecule has 1 aliphatic carbocycles. The Bertz CT molecular complexity index is 402. The third-order valence-electron chi connectivity index (χ3n) is 3.29. The van der Waals surface area contributed by atoms with E-state index in [1.807, 2.05) is 6.92 Å². The molecule has 1 aromatic rings. The quantitative estimate of drug-likeness (QED) is 0.765. The van der Waals surface area contributed by atoms with E-state index in [1.165, 1.54) is 0 Å². The fourth-order valence-corrected chi connectivity index (χ4v) is 2.48. The molecule has 0 bridgehead atoms. The van der Waals surface area contributed by atoms with E-state index in [1.54, 1.807) is 6.20 Å². The number of aliphatic hydroxyl groups excluding tert-OH is 1. The lowest BCUT2D eigenvalue weighted by molar-refractivity contribution is 0.222. The van der Waals surface area contributed by atoms with Gasteiger partial charge < -0.3 is 15.7 Å². The summed E-state index contributed by atoms with van der Waals surface area (Å²) >= 11 is 6.09. The lowest BCUT2D eigenvalue weighted by Gasteiger charge is -2.20. The SMILES string of the molecule is CCNc1ncc(Cl)c(NC2CCCC2CO)n1. The predicted molar refractivity (Wildman–Crippen MR) is 73.0 cm³/mol. The van der Waals surface area contributed by atoms with Crippen LogP contribution in [0.4, 0.5) is 11.8 Å². The average molecular weight is 271 g/mol. The van der Waals surface area contributed by atoms with Gasteiger partial charge in [0.25, 0.3) is 0 Å². The smallest absolute Gasteiger partial charge is 0.224 e. The topological polar surface area (TPSA) is 70.1 Å². The molecule has 6 heteroatoms. The first-order valence-electron chi connectivity index (χ1n) is 6.38. The van der Waals surface area contributed by atoms with Crippen LogP contribution in [0.2, 0.25) is 5.02 Å². The Hall–Kier alpha value is -1.07. The molecule has 0 radical (unpaired) electrons. The summed E-state index contributed by atoms with van der Waals surface area (Å²) in [6.07, 6.45) is 4.82. The van der Waals surface area contributed by atoms with Gasteiger partial charge in [-0.15, -0.1) is 0 Å². The maximum atomic E-state index is 9.30. The molecule has 5 nitrogen and oxygen atoms in total. The fraction of sp³-hybridized carbons (Fsp3) is 0.667. The Morgan fingerprint density at radius 3 is 3.06 bits per heavy atom. The Morgan fingerprint density at radius 2 is 2.33 bits per heavy atom. The van der Waals surface area contributed by atoms with Crippen LogP contribution in [0, 0.1) is 5.92 Å². The maximum Gasteiger partial charge on any atom is 0.224 e. The van der Waals surface area contributed by atoms with Crippen LogP contribution in [0.15, 0.2) is 6.20 Å². The number of rotatable bonds is 5. The zero-order valence-electron chi connectivity index (χ0n) is 10.5. The van der Waals surface area contributed by atoms with Crippen molar-refractivity contribution in [3.8, 4) is 0 Å². The molecule has 2 unspecified atom stereocenters. The highest BCUT2D eigenvalue weighted by molar-refractivity contribution is 6.32. The van der Waals surface area contributed by atoms with Gasteiger partial charge in [0, 0.05) is 25.1 Å². The third-order valence-corrected chi connectivity index (χ3v) is 3.57. The summed E-state index contributed by atoms with van der Waals surface area (Å²) in [6, 6.07) is 0.247. The molecular formula is C12H19ClN4O. The van der Waals surface area contributed by atoms with Crippen molar-refractivity contribution in [1.29, 1.82) is 0 Å². The molecule has 0 amide bonds. The second kappa shape index (κ2) is 6.20. The second-order valence-corrected chi connectivity index (χ2v) is 4.95. The van der Waals surface area contributed by atoms with E-state index < -0.39 is 0 Å². The highest BCUT2D eigenvalue weighted by atomic mass is 35.5. The number of nitrogens with zero attached hydrogens (tertiary/aromatic N) is 2. The molecule has 0 spiro atoms. The summed E-state index contributed by atoms with van der Waals surface area (Å²) in [5, 5.41) is 16.2. The average Bonchev–Trinajstić information content (AvgIpc) is 2.81.